The topological polar surface area (TPSA) is 3.24 Å². The fraction of sp³-hybridized carbons (Fsp3) is 0.600. The molecule has 1 atom stereocenters. The molecule has 1 aromatic carbocycles. The van der Waals surface area contributed by atoms with Crippen molar-refractivity contribution in [1.29, 1.82) is 0 Å². The second-order valence-electron chi connectivity index (χ2n) is 5.47. The van der Waals surface area contributed by atoms with Crippen LogP contribution in [0.25, 0.3) is 0 Å². The highest BCUT2D eigenvalue weighted by atomic mass is 15.4. The van der Waals surface area contributed by atoms with Crippen LogP contribution in [0.15, 0.2) is 30.3 Å². The van der Waals surface area contributed by atoms with Crippen molar-refractivity contribution in [1.82, 2.24) is 0 Å². The molecule has 0 N–H and O–H groups in total. The predicted octanol–water partition coefficient (Wildman–Crippen LogP) is 2.75. The van der Waals surface area contributed by atoms with Crippen LogP contribution in [0.1, 0.15) is 19.8 Å². The SMILES string of the molecule is CCC[N+]1(C)CCCN(c2ccccc2)CC1. The van der Waals surface area contributed by atoms with E-state index in [0.29, 0.717) is 0 Å². The Morgan fingerprint density at radius 3 is 2.59 bits per heavy atom. The van der Waals surface area contributed by atoms with Crippen molar-refractivity contribution in [2.24, 2.45) is 0 Å². The minimum atomic E-state index is 1.19. The van der Waals surface area contributed by atoms with Crippen molar-refractivity contribution in [3.63, 3.8) is 0 Å². The van der Waals surface area contributed by atoms with Gasteiger partial charge < -0.3 is 9.38 Å². The summed E-state index contributed by atoms with van der Waals surface area (Å²) in [5, 5.41) is 0. The molecule has 0 aliphatic carbocycles. The summed E-state index contributed by atoms with van der Waals surface area (Å²) in [5.41, 5.74) is 1.39. The van der Waals surface area contributed by atoms with Gasteiger partial charge in [-0.3, -0.25) is 0 Å². The normalized spacial score (nSPS) is 25.6. The summed E-state index contributed by atoms with van der Waals surface area (Å²) in [7, 11) is 2.41. The highest BCUT2D eigenvalue weighted by molar-refractivity contribution is 5.45. The molecule has 1 saturated heterocycles. The molecular weight excluding hydrogens is 208 g/mol. The van der Waals surface area contributed by atoms with E-state index >= 15 is 0 Å². The fourth-order valence-electron chi connectivity index (χ4n) is 2.89. The average Bonchev–Trinajstić information content (AvgIpc) is 2.53. The number of hydrogen-bond donors (Lipinski definition) is 0. The maximum Gasteiger partial charge on any atom is 0.0962 e. The Kier molecular flexibility index (Phi) is 4.06. The van der Waals surface area contributed by atoms with Gasteiger partial charge in [0.15, 0.2) is 0 Å². The van der Waals surface area contributed by atoms with E-state index in [0.717, 1.165) is 0 Å². The zero-order valence-electron chi connectivity index (χ0n) is 11.2. The standard InChI is InChI=1S/C15H25N2/c1-3-12-17(2)13-7-10-16(11-14-17)15-8-5-4-6-9-15/h4-6,8-9H,3,7,10-14H2,1-2H3/q+1. The van der Waals surface area contributed by atoms with Crippen molar-refractivity contribution in [3.05, 3.63) is 30.3 Å². The second kappa shape index (κ2) is 5.54. The van der Waals surface area contributed by atoms with Gasteiger partial charge in [-0.1, -0.05) is 25.1 Å². The maximum atomic E-state index is 2.54. The Morgan fingerprint density at radius 1 is 1.12 bits per heavy atom. The molecule has 0 saturated carbocycles. The number of quaternary nitrogens is 1. The maximum absolute atomic E-state index is 2.54. The smallest absolute Gasteiger partial charge is 0.0962 e. The zero-order valence-corrected chi connectivity index (χ0v) is 11.2. The number of rotatable bonds is 3. The molecule has 0 bridgehead atoms. The van der Waals surface area contributed by atoms with Gasteiger partial charge in [0.25, 0.3) is 0 Å². The lowest BCUT2D eigenvalue weighted by atomic mass is 10.3. The van der Waals surface area contributed by atoms with E-state index in [9.17, 15) is 0 Å². The van der Waals surface area contributed by atoms with Crippen molar-refractivity contribution in [3.8, 4) is 0 Å². The van der Waals surface area contributed by atoms with Gasteiger partial charge in [-0.05, 0) is 18.6 Å². The van der Waals surface area contributed by atoms with Crippen LogP contribution in [0, 0.1) is 0 Å². The van der Waals surface area contributed by atoms with E-state index in [1.807, 2.05) is 0 Å². The Bertz CT molecular complexity index is 336. The Labute approximate surface area is 105 Å². The molecule has 1 aliphatic rings. The van der Waals surface area contributed by atoms with Crippen LogP contribution in [0.2, 0.25) is 0 Å². The third-order valence-corrected chi connectivity index (χ3v) is 3.92. The van der Waals surface area contributed by atoms with Gasteiger partial charge in [0, 0.05) is 18.7 Å². The van der Waals surface area contributed by atoms with E-state index in [1.54, 1.807) is 0 Å². The Balaban J connectivity index is 2.01. The van der Waals surface area contributed by atoms with E-state index in [-0.39, 0.29) is 0 Å². The third kappa shape index (κ3) is 3.22. The van der Waals surface area contributed by atoms with Gasteiger partial charge in [-0.15, -0.1) is 0 Å². The molecule has 2 nitrogen and oxygen atoms in total. The van der Waals surface area contributed by atoms with Crippen LogP contribution >= 0.6 is 0 Å². The number of nitrogens with zero attached hydrogens (tertiary/aromatic N) is 2. The molecule has 0 amide bonds. The van der Waals surface area contributed by atoms with E-state index < -0.39 is 0 Å². The molecule has 0 radical (unpaired) electrons. The Morgan fingerprint density at radius 2 is 1.88 bits per heavy atom. The molecule has 2 rings (SSSR count). The minimum absolute atomic E-state index is 1.19. The molecule has 1 aliphatic heterocycles. The number of anilines is 1. The van der Waals surface area contributed by atoms with Crippen molar-refractivity contribution in [2.45, 2.75) is 19.8 Å². The molecule has 0 aromatic heterocycles. The van der Waals surface area contributed by atoms with Gasteiger partial charge in [-0.25, -0.2) is 0 Å². The highest BCUT2D eigenvalue weighted by Gasteiger charge is 2.25. The van der Waals surface area contributed by atoms with Gasteiger partial charge in [0.05, 0.1) is 33.2 Å². The first-order valence-electron chi connectivity index (χ1n) is 6.87. The number of para-hydroxylation sites is 1. The van der Waals surface area contributed by atoms with Crippen molar-refractivity contribution < 1.29 is 4.48 Å². The summed E-state index contributed by atoms with van der Waals surface area (Å²) in [5.74, 6) is 0. The average molecular weight is 233 g/mol. The first-order valence-corrected chi connectivity index (χ1v) is 6.87. The monoisotopic (exact) mass is 233 g/mol. The lowest BCUT2D eigenvalue weighted by molar-refractivity contribution is -0.907. The number of benzene rings is 1. The van der Waals surface area contributed by atoms with Gasteiger partial charge >= 0.3 is 0 Å². The predicted molar refractivity (Wildman–Crippen MR) is 74.3 cm³/mol. The molecule has 1 unspecified atom stereocenters. The quantitative estimate of drug-likeness (QED) is 0.726. The van der Waals surface area contributed by atoms with E-state index in [1.165, 1.54) is 55.7 Å². The summed E-state index contributed by atoms with van der Waals surface area (Å²) in [6, 6.07) is 10.8. The zero-order chi connectivity index (χ0) is 12.1. The van der Waals surface area contributed by atoms with Gasteiger partial charge in [0.2, 0.25) is 0 Å². The fourth-order valence-corrected chi connectivity index (χ4v) is 2.89. The molecule has 1 fully saturated rings. The van der Waals surface area contributed by atoms with Gasteiger partial charge in [0.1, 0.15) is 0 Å². The molecule has 2 heteroatoms. The van der Waals surface area contributed by atoms with Crippen molar-refractivity contribution in [2.75, 3.05) is 44.7 Å². The largest absolute Gasteiger partial charge is 0.366 e. The van der Waals surface area contributed by atoms with Gasteiger partial charge in [-0.2, -0.15) is 0 Å². The minimum Gasteiger partial charge on any atom is -0.366 e. The third-order valence-electron chi connectivity index (χ3n) is 3.92. The van der Waals surface area contributed by atoms with Crippen LogP contribution in [0.5, 0.6) is 0 Å². The molecule has 1 aromatic rings. The summed E-state index contributed by atoms with van der Waals surface area (Å²) in [4.78, 5) is 2.54. The van der Waals surface area contributed by atoms with Crippen LogP contribution in [-0.4, -0.2) is 44.3 Å². The van der Waals surface area contributed by atoms with E-state index in [4.69, 9.17) is 0 Å². The number of hydrogen-bond acceptors (Lipinski definition) is 1. The van der Waals surface area contributed by atoms with E-state index in [2.05, 4.69) is 49.2 Å². The Hall–Kier alpha value is -1.02. The molecular formula is C15H25N2+. The molecule has 17 heavy (non-hydrogen) atoms. The lowest BCUT2D eigenvalue weighted by Gasteiger charge is -2.33. The number of likely N-dealkylation sites (N-methyl/N-ethyl adjacent to an activating group) is 1. The highest BCUT2D eigenvalue weighted by Crippen LogP contribution is 2.18. The first kappa shape index (κ1) is 12.4. The second-order valence-corrected chi connectivity index (χ2v) is 5.47. The van der Waals surface area contributed by atoms with Crippen LogP contribution < -0.4 is 4.90 Å². The summed E-state index contributed by atoms with van der Waals surface area (Å²) in [6.45, 7) is 8.63. The summed E-state index contributed by atoms with van der Waals surface area (Å²) in [6.07, 6.45) is 2.60. The first-order chi connectivity index (χ1) is 8.23. The summed E-state index contributed by atoms with van der Waals surface area (Å²) >= 11 is 0. The summed E-state index contributed by atoms with van der Waals surface area (Å²) < 4.78 is 1.25. The molecule has 0 spiro atoms. The molecule has 1 heterocycles. The van der Waals surface area contributed by atoms with Crippen LogP contribution in [0.4, 0.5) is 5.69 Å². The van der Waals surface area contributed by atoms with Crippen LogP contribution in [-0.2, 0) is 0 Å². The lowest BCUT2D eigenvalue weighted by Crippen LogP contribution is -2.47. The van der Waals surface area contributed by atoms with Crippen LogP contribution in [0.3, 0.4) is 0 Å². The van der Waals surface area contributed by atoms with Crippen molar-refractivity contribution >= 4 is 5.69 Å². The molecule has 94 valence electrons.